The lowest BCUT2D eigenvalue weighted by Gasteiger charge is -2.09. The molecule has 0 unspecified atom stereocenters. The molecule has 2 aromatic rings. The van der Waals surface area contributed by atoms with E-state index in [1.165, 1.54) is 42.5 Å². The topological polar surface area (TPSA) is 75.3 Å². The number of hydrogen-bond acceptors (Lipinski definition) is 3. The summed E-state index contributed by atoms with van der Waals surface area (Å²) in [7, 11) is 0. The first-order valence-electron chi connectivity index (χ1n) is 7.72. The van der Waals surface area contributed by atoms with Crippen molar-refractivity contribution in [2.24, 2.45) is 0 Å². The van der Waals surface area contributed by atoms with Crippen LogP contribution in [-0.4, -0.2) is 23.8 Å². The highest BCUT2D eigenvalue weighted by molar-refractivity contribution is 6.00. The van der Waals surface area contributed by atoms with Gasteiger partial charge < -0.3 is 10.6 Å². The van der Waals surface area contributed by atoms with Crippen molar-refractivity contribution in [2.45, 2.75) is 19.0 Å². The molecule has 0 saturated carbocycles. The molecule has 2 amide bonds. The Morgan fingerprint density at radius 3 is 1.93 bits per heavy atom. The molecule has 2 aromatic carbocycles. The van der Waals surface area contributed by atoms with Gasteiger partial charge in [0.1, 0.15) is 5.82 Å². The van der Waals surface area contributed by atoms with Crippen molar-refractivity contribution in [1.82, 2.24) is 0 Å². The molecule has 142 valence electrons. The van der Waals surface area contributed by atoms with Crippen LogP contribution < -0.4 is 10.6 Å². The number of Topliss-reactive ketones (excluding diaryl/α,β-unsaturated/α-hetero) is 1. The SMILES string of the molecule is O=C(CCC(=O)c1ccccc1F)Nc1ccc(NC(=O)C(F)(F)F)cc1. The Balaban J connectivity index is 1.86. The largest absolute Gasteiger partial charge is 0.471 e. The van der Waals surface area contributed by atoms with Gasteiger partial charge in [0.05, 0.1) is 5.56 Å². The van der Waals surface area contributed by atoms with Gasteiger partial charge in [-0.1, -0.05) is 12.1 Å². The van der Waals surface area contributed by atoms with Crippen molar-refractivity contribution in [2.75, 3.05) is 10.6 Å². The summed E-state index contributed by atoms with van der Waals surface area (Å²) >= 11 is 0. The van der Waals surface area contributed by atoms with Crippen LogP contribution in [0.15, 0.2) is 48.5 Å². The van der Waals surface area contributed by atoms with E-state index in [0.717, 1.165) is 6.07 Å². The van der Waals surface area contributed by atoms with E-state index < -0.39 is 29.6 Å². The second-order valence-electron chi connectivity index (χ2n) is 5.48. The zero-order valence-corrected chi connectivity index (χ0v) is 13.8. The Hall–Kier alpha value is -3.23. The second-order valence-corrected chi connectivity index (χ2v) is 5.48. The molecule has 0 spiro atoms. The van der Waals surface area contributed by atoms with Gasteiger partial charge in [-0.3, -0.25) is 14.4 Å². The van der Waals surface area contributed by atoms with Gasteiger partial charge in [-0.15, -0.1) is 0 Å². The second kappa shape index (κ2) is 8.43. The Labute approximate surface area is 151 Å². The zero-order chi connectivity index (χ0) is 20.0. The lowest BCUT2D eigenvalue weighted by atomic mass is 10.1. The Bertz CT molecular complexity index is 848. The van der Waals surface area contributed by atoms with Gasteiger partial charge in [-0.25, -0.2) is 4.39 Å². The van der Waals surface area contributed by atoms with Gasteiger partial charge in [0.15, 0.2) is 5.78 Å². The minimum atomic E-state index is -5.00. The molecule has 0 bridgehead atoms. The number of halogens is 4. The highest BCUT2D eigenvalue weighted by Gasteiger charge is 2.38. The predicted octanol–water partition coefficient (Wildman–Crippen LogP) is 3.93. The third-order valence-electron chi connectivity index (χ3n) is 3.44. The van der Waals surface area contributed by atoms with Crippen molar-refractivity contribution < 1.29 is 31.9 Å². The monoisotopic (exact) mass is 382 g/mol. The van der Waals surface area contributed by atoms with E-state index in [4.69, 9.17) is 0 Å². The normalized spacial score (nSPS) is 11.0. The number of ketones is 1. The predicted molar refractivity (Wildman–Crippen MR) is 89.7 cm³/mol. The molecule has 0 fully saturated rings. The molecule has 0 aliphatic carbocycles. The molecular formula is C18H14F4N2O3. The Morgan fingerprint density at radius 1 is 0.815 bits per heavy atom. The van der Waals surface area contributed by atoms with Crippen molar-refractivity contribution in [3.8, 4) is 0 Å². The Morgan fingerprint density at radius 2 is 1.37 bits per heavy atom. The number of rotatable bonds is 6. The van der Waals surface area contributed by atoms with Gasteiger partial charge in [0.2, 0.25) is 5.91 Å². The highest BCUT2D eigenvalue weighted by Crippen LogP contribution is 2.20. The van der Waals surface area contributed by atoms with Crippen LogP contribution in [0.3, 0.4) is 0 Å². The van der Waals surface area contributed by atoms with Gasteiger partial charge >= 0.3 is 12.1 Å². The molecule has 0 saturated heterocycles. The van der Waals surface area contributed by atoms with Crippen LogP contribution in [-0.2, 0) is 9.59 Å². The minimum absolute atomic E-state index is 0.0925. The summed E-state index contributed by atoms with van der Waals surface area (Å²) in [6, 6.07) is 10.4. The summed E-state index contributed by atoms with van der Waals surface area (Å²) in [5.74, 6) is -3.81. The highest BCUT2D eigenvalue weighted by atomic mass is 19.4. The lowest BCUT2D eigenvalue weighted by Crippen LogP contribution is -2.29. The molecule has 0 aliphatic heterocycles. The van der Waals surface area contributed by atoms with E-state index in [2.05, 4.69) is 5.32 Å². The third-order valence-corrected chi connectivity index (χ3v) is 3.44. The first-order chi connectivity index (χ1) is 12.7. The van der Waals surface area contributed by atoms with Gasteiger partial charge in [-0.2, -0.15) is 13.2 Å². The molecule has 2 N–H and O–H groups in total. The molecule has 0 atom stereocenters. The maximum Gasteiger partial charge on any atom is 0.471 e. The summed E-state index contributed by atoms with van der Waals surface area (Å²) in [6.07, 6.45) is -5.40. The van der Waals surface area contributed by atoms with Crippen LogP contribution in [0.25, 0.3) is 0 Å². The van der Waals surface area contributed by atoms with E-state index in [0.29, 0.717) is 0 Å². The molecule has 0 aliphatic rings. The van der Waals surface area contributed by atoms with Crippen LogP contribution in [0.2, 0.25) is 0 Å². The number of carbonyl (C=O) groups is 3. The number of benzene rings is 2. The first-order valence-corrected chi connectivity index (χ1v) is 7.72. The van der Waals surface area contributed by atoms with E-state index >= 15 is 0 Å². The number of amides is 2. The van der Waals surface area contributed by atoms with Crippen LogP contribution in [0.4, 0.5) is 28.9 Å². The fourth-order valence-corrected chi connectivity index (χ4v) is 2.11. The molecule has 0 aromatic heterocycles. The summed E-state index contributed by atoms with van der Waals surface area (Å²) in [5, 5.41) is 4.12. The van der Waals surface area contributed by atoms with Crippen LogP contribution >= 0.6 is 0 Å². The standard InChI is InChI=1S/C18H14F4N2O3/c19-14-4-2-1-3-13(14)15(25)9-10-16(26)23-11-5-7-12(8-6-11)24-17(27)18(20,21)22/h1-8H,9-10H2,(H,23,26)(H,24,27). The average Bonchev–Trinajstić information content (AvgIpc) is 2.61. The number of hydrogen-bond donors (Lipinski definition) is 2. The minimum Gasteiger partial charge on any atom is -0.326 e. The van der Waals surface area contributed by atoms with Gasteiger partial charge in [0.25, 0.3) is 0 Å². The molecule has 0 heterocycles. The quantitative estimate of drug-likeness (QED) is 0.587. The van der Waals surface area contributed by atoms with E-state index in [1.807, 2.05) is 0 Å². The third kappa shape index (κ3) is 5.91. The summed E-state index contributed by atoms with van der Waals surface area (Å²) in [6.45, 7) is 0. The number of nitrogens with one attached hydrogen (secondary N) is 2. The maximum absolute atomic E-state index is 13.5. The summed E-state index contributed by atoms with van der Waals surface area (Å²) < 4.78 is 50.0. The van der Waals surface area contributed by atoms with E-state index in [1.54, 1.807) is 5.32 Å². The number of alkyl halides is 3. The zero-order valence-electron chi connectivity index (χ0n) is 13.8. The lowest BCUT2D eigenvalue weighted by molar-refractivity contribution is -0.167. The van der Waals surface area contributed by atoms with Crippen LogP contribution in [0, 0.1) is 5.82 Å². The molecule has 5 nitrogen and oxygen atoms in total. The summed E-state index contributed by atoms with van der Waals surface area (Å²) in [4.78, 5) is 34.6. The van der Waals surface area contributed by atoms with Crippen molar-refractivity contribution in [3.63, 3.8) is 0 Å². The van der Waals surface area contributed by atoms with Crippen molar-refractivity contribution in [1.29, 1.82) is 0 Å². The number of anilines is 2. The van der Waals surface area contributed by atoms with Gasteiger partial charge in [0, 0.05) is 24.2 Å². The van der Waals surface area contributed by atoms with Crippen molar-refractivity contribution >= 4 is 29.0 Å². The average molecular weight is 382 g/mol. The smallest absolute Gasteiger partial charge is 0.326 e. The van der Waals surface area contributed by atoms with Crippen LogP contribution in [0.1, 0.15) is 23.2 Å². The van der Waals surface area contributed by atoms with Crippen LogP contribution in [0.5, 0.6) is 0 Å². The van der Waals surface area contributed by atoms with Crippen molar-refractivity contribution in [3.05, 3.63) is 59.9 Å². The van der Waals surface area contributed by atoms with E-state index in [-0.39, 0.29) is 29.8 Å². The first kappa shape index (κ1) is 20.1. The maximum atomic E-state index is 13.5. The van der Waals surface area contributed by atoms with E-state index in [9.17, 15) is 31.9 Å². The molecule has 27 heavy (non-hydrogen) atoms. The Kier molecular flexibility index (Phi) is 6.27. The fourth-order valence-electron chi connectivity index (χ4n) is 2.11. The molecule has 2 rings (SSSR count). The molecule has 0 radical (unpaired) electrons. The number of carbonyl (C=O) groups excluding carboxylic acids is 3. The molecule has 9 heteroatoms. The fraction of sp³-hybridized carbons (Fsp3) is 0.167. The molecular weight excluding hydrogens is 368 g/mol. The summed E-state index contributed by atoms with van der Waals surface area (Å²) in [5.41, 5.74) is 0.0726. The van der Waals surface area contributed by atoms with Gasteiger partial charge in [-0.05, 0) is 36.4 Å².